The van der Waals surface area contributed by atoms with Gasteiger partial charge in [-0.15, -0.1) is 0 Å². The molecule has 0 bridgehead atoms. The Balaban J connectivity index is 2.24. The topological polar surface area (TPSA) is 84.9 Å². The zero-order valence-corrected chi connectivity index (χ0v) is 16.6. The molecular formula is C19H24N2O5S. The summed E-state index contributed by atoms with van der Waals surface area (Å²) in [5, 5.41) is 2.73. The molecule has 0 aliphatic rings. The fourth-order valence-electron chi connectivity index (χ4n) is 2.60. The summed E-state index contributed by atoms with van der Waals surface area (Å²) >= 11 is 0. The highest BCUT2D eigenvalue weighted by Crippen LogP contribution is 2.26. The van der Waals surface area contributed by atoms with Crippen LogP contribution in [-0.4, -0.2) is 40.3 Å². The minimum atomic E-state index is -3.70. The largest absolute Gasteiger partial charge is 0.497 e. The highest BCUT2D eigenvalue weighted by atomic mass is 32.2. The van der Waals surface area contributed by atoms with Crippen LogP contribution in [0.5, 0.6) is 11.5 Å². The van der Waals surface area contributed by atoms with Gasteiger partial charge in [0.15, 0.2) is 0 Å². The summed E-state index contributed by atoms with van der Waals surface area (Å²) in [6.07, 6.45) is 1.06. The summed E-state index contributed by atoms with van der Waals surface area (Å²) in [6, 6.07) is 12.5. The molecule has 1 atom stereocenters. The van der Waals surface area contributed by atoms with E-state index >= 15 is 0 Å². The Labute approximate surface area is 160 Å². The number of carbonyl (C=O) groups is 1. The lowest BCUT2D eigenvalue weighted by atomic mass is 10.2. The lowest BCUT2D eigenvalue weighted by Gasteiger charge is -2.28. The molecule has 7 nitrogen and oxygen atoms in total. The first kappa shape index (κ1) is 20.6. The van der Waals surface area contributed by atoms with Gasteiger partial charge in [0.1, 0.15) is 17.5 Å². The predicted molar refractivity (Wildman–Crippen MR) is 106 cm³/mol. The number of nitrogens with one attached hydrogen (secondary N) is 1. The molecule has 2 rings (SSSR count). The summed E-state index contributed by atoms with van der Waals surface area (Å²) in [4.78, 5) is 12.7. The number of amides is 1. The molecule has 0 aromatic heterocycles. The van der Waals surface area contributed by atoms with Crippen molar-refractivity contribution < 1.29 is 22.7 Å². The molecule has 2 aromatic carbocycles. The van der Waals surface area contributed by atoms with Crippen LogP contribution in [0.3, 0.4) is 0 Å². The molecular weight excluding hydrogens is 368 g/mol. The van der Waals surface area contributed by atoms with Crippen LogP contribution in [0.15, 0.2) is 48.5 Å². The third kappa shape index (κ3) is 5.37. The number of anilines is 2. The standard InChI is InChI=1S/C19H24N2O5S/c1-5-26-17-11-9-15(10-12-17)20-19(22)14(2)21(27(4,23)24)16-7-6-8-18(13-16)25-3/h6-14H,5H2,1-4H3,(H,20,22)/t14-/m1/s1. The van der Waals surface area contributed by atoms with Crippen molar-refractivity contribution in [1.29, 1.82) is 0 Å². The van der Waals surface area contributed by atoms with Gasteiger partial charge in [0, 0.05) is 11.8 Å². The number of ether oxygens (including phenoxy) is 2. The summed E-state index contributed by atoms with van der Waals surface area (Å²) in [5.41, 5.74) is 0.903. The predicted octanol–water partition coefficient (Wildman–Crippen LogP) is 2.89. The van der Waals surface area contributed by atoms with Crippen LogP contribution < -0.4 is 19.1 Å². The first-order valence-electron chi connectivity index (χ1n) is 8.43. The van der Waals surface area contributed by atoms with Crippen LogP contribution in [0.2, 0.25) is 0 Å². The maximum atomic E-state index is 12.7. The molecule has 0 spiro atoms. The van der Waals surface area contributed by atoms with Gasteiger partial charge in [0.25, 0.3) is 0 Å². The van der Waals surface area contributed by atoms with Crippen molar-refractivity contribution >= 4 is 27.3 Å². The Kier molecular flexibility index (Phi) is 6.68. The SMILES string of the molecule is CCOc1ccc(NC(=O)[C@@H](C)N(c2cccc(OC)c2)S(C)(=O)=O)cc1. The number of sulfonamides is 1. The molecule has 0 unspecified atom stereocenters. The smallest absolute Gasteiger partial charge is 0.247 e. The lowest BCUT2D eigenvalue weighted by Crippen LogP contribution is -2.45. The molecule has 2 aromatic rings. The number of carbonyl (C=O) groups excluding carboxylic acids is 1. The van der Waals surface area contributed by atoms with Crippen molar-refractivity contribution in [2.45, 2.75) is 19.9 Å². The monoisotopic (exact) mass is 392 g/mol. The molecule has 1 amide bonds. The van der Waals surface area contributed by atoms with Crippen molar-refractivity contribution in [2.24, 2.45) is 0 Å². The van der Waals surface area contributed by atoms with Crippen molar-refractivity contribution in [3.05, 3.63) is 48.5 Å². The average Bonchev–Trinajstić information content (AvgIpc) is 2.62. The van der Waals surface area contributed by atoms with Crippen LogP contribution in [0.25, 0.3) is 0 Å². The number of hydrogen-bond acceptors (Lipinski definition) is 5. The third-order valence-electron chi connectivity index (χ3n) is 3.83. The van der Waals surface area contributed by atoms with Crippen LogP contribution in [0, 0.1) is 0 Å². The van der Waals surface area contributed by atoms with Gasteiger partial charge in [-0.1, -0.05) is 6.07 Å². The van der Waals surface area contributed by atoms with Crippen molar-refractivity contribution in [1.82, 2.24) is 0 Å². The van der Waals surface area contributed by atoms with Gasteiger partial charge in [-0.25, -0.2) is 8.42 Å². The number of methoxy groups -OCH3 is 1. The number of nitrogens with zero attached hydrogens (tertiary/aromatic N) is 1. The number of rotatable bonds is 8. The van der Waals surface area contributed by atoms with Crippen molar-refractivity contribution in [2.75, 3.05) is 29.6 Å². The number of hydrogen-bond donors (Lipinski definition) is 1. The second kappa shape index (κ2) is 8.77. The van der Waals surface area contributed by atoms with E-state index in [1.54, 1.807) is 48.5 Å². The second-order valence-electron chi connectivity index (χ2n) is 5.88. The van der Waals surface area contributed by atoms with E-state index in [9.17, 15) is 13.2 Å². The van der Waals surface area contributed by atoms with Gasteiger partial charge in [0.05, 0.1) is 25.7 Å². The first-order chi connectivity index (χ1) is 12.8. The summed E-state index contributed by atoms with van der Waals surface area (Å²) < 4.78 is 36.3. The van der Waals surface area contributed by atoms with Gasteiger partial charge >= 0.3 is 0 Å². The Morgan fingerprint density at radius 3 is 2.37 bits per heavy atom. The zero-order chi connectivity index (χ0) is 20.0. The van der Waals surface area contributed by atoms with Gasteiger partial charge in [-0.3, -0.25) is 9.10 Å². The maximum absolute atomic E-state index is 12.7. The summed E-state index contributed by atoms with van der Waals surface area (Å²) in [6.45, 7) is 3.97. The zero-order valence-electron chi connectivity index (χ0n) is 15.8. The van der Waals surface area contributed by atoms with E-state index in [4.69, 9.17) is 9.47 Å². The second-order valence-corrected chi connectivity index (χ2v) is 7.74. The van der Waals surface area contributed by atoms with E-state index in [0.717, 1.165) is 10.6 Å². The first-order valence-corrected chi connectivity index (χ1v) is 10.3. The van der Waals surface area contributed by atoms with Crippen LogP contribution in [0.4, 0.5) is 11.4 Å². The summed E-state index contributed by atoms with van der Waals surface area (Å²) in [5.74, 6) is 0.741. The van der Waals surface area contributed by atoms with E-state index in [2.05, 4.69) is 5.32 Å². The Hall–Kier alpha value is -2.74. The van der Waals surface area contributed by atoms with E-state index in [1.165, 1.54) is 14.0 Å². The average molecular weight is 392 g/mol. The van der Waals surface area contributed by atoms with Gasteiger partial charge < -0.3 is 14.8 Å². The Morgan fingerprint density at radius 1 is 1.15 bits per heavy atom. The molecule has 0 saturated heterocycles. The Morgan fingerprint density at radius 2 is 1.81 bits per heavy atom. The molecule has 0 aliphatic heterocycles. The lowest BCUT2D eigenvalue weighted by molar-refractivity contribution is -0.116. The van der Waals surface area contributed by atoms with Crippen LogP contribution >= 0.6 is 0 Å². The quantitative estimate of drug-likeness (QED) is 0.747. The van der Waals surface area contributed by atoms with E-state index in [0.29, 0.717) is 29.5 Å². The van der Waals surface area contributed by atoms with E-state index in [1.807, 2.05) is 6.92 Å². The Bertz CT molecular complexity index is 881. The molecule has 1 N–H and O–H groups in total. The van der Waals surface area contributed by atoms with Gasteiger partial charge in [0.2, 0.25) is 15.9 Å². The minimum absolute atomic E-state index is 0.353. The third-order valence-corrected chi connectivity index (χ3v) is 5.07. The molecule has 8 heteroatoms. The van der Waals surface area contributed by atoms with Crippen LogP contribution in [-0.2, 0) is 14.8 Å². The molecule has 0 fully saturated rings. The maximum Gasteiger partial charge on any atom is 0.247 e. The minimum Gasteiger partial charge on any atom is -0.497 e. The highest BCUT2D eigenvalue weighted by Gasteiger charge is 2.29. The van der Waals surface area contributed by atoms with Crippen molar-refractivity contribution in [3.8, 4) is 11.5 Å². The van der Waals surface area contributed by atoms with E-state index in [-0.39, 0.29) is 0 Å². The fraction of sp³-hybridized carbons (Fsp3) is 0.316. The van der Waals surface area contributed by atoms with Crippen molar-refractivity contribution in [3.63, 3.8) is 0 Å². The number of benzene rings is 2. The van der Waals surface area contributed by atoms with E-state index < -0.39 is 22.0 Å². The molecule has 0 radical (unpaired) electrons. The van der Waals surface area contributed by atoms with Crippen LogP contribution in [0.1, 0.15) is 13.8 Å². The van der Waals surface area contributed by atoms with Gasteiger partial charge in [-0.2, -0.15) is 0 Å². The van der Waals surface area contributed by atoms with Gasteiger partial charge in [-0.05, 0) is 50.2 Å². The molecule has 0 heterocycles. The highest BCUT2D eigenvalue weighted by molar-refractivity contribution is 7.92. The molecule has 146 valence electrons. The molecule has 0 saturated carbocycles. The summed E-state index contributed by atoms with van der Waals surface area (Å²) in [7, 11) is -2.20. The normalized spacial score (nSPS) is 12.1. The molecule has 0 aliphatic carbocycles. The fourth-order valence-corrected chi connectivity index (χ4v) is 3.77. The molecule has 27 heavy (non-hydrogen) atoms.